The molecule has 1 aliphatic heterocycles. The van der Waals surface area contributed by atoms with Gasteiger partial charge < -0.3 is 9.30 Å². The highest BCUT2D eigenvalue weighted by Gasteiger charge is 2.30. The molecule has 0 aromatic carbocycles. The molecular weight excluding hydrogens is 280 g/mol. The second-order valence-corrected chi connectivity index (χ2v) is 7.21. The van der Waals surface area contributed by atoms with Crippen LogP contribution < -0.4 is 0 Å². The highest BCUT2D eigenvalue weighted by atomic mass is 32.2. The number of ether oxygens (including phenoxy) is 1. The van der Waals surface area contributed by atoms with Crippen LogP contribution in [0.5, 0.6) is 0 Å². The van der Waals surface area contributed by atoms with E-state index in [0.29, 0.717) is 19.0 Å². The number of carbonyl (C=O) groups excluding carboxylic acids is 1. The van der Waals surface area contributed by atoms with E-state index in [1.807, 2.05) is 6.92 Å². The van der Waals surface area contributed by atoms with Crippen molar-refractivity contribution in [3.8, 4) is 0 Å². The van der Waals surface area contributed by atoms with E-state index in [0.717, 1.165) is 12.8 Å². The zero-order valence-corrected chi connectivity index (χ0v) is 12.8. The summed E-state index contributed by atoms with van der Waals surface area (Å²) in [7, 11) is -0.631. The maximum atomic E-state index is 12.6. The van der Waals surface area contributed by atoms with Crippen molar-refractivity contribution >= 4 is 16.0 Å². The number of aromatic nitrogens is 1. The van der Waals surface area contributed by atoms with Gasteiger partial charge in [0.15, 0.2) is 0 Å². The number of hydrogen-bond acceptors (Lipinski definition) is 4. The van der Waals surface area contributed by atoms with Crippen LogP contribution in [0.3, 0.4) is 0 Å². The molecule has 7 heteroatoms. The third-order valence-corrected chi connectivity index (χ3v) is 5.46. The Hall–Kier alpha value is -1.34. The molecule has 0 bridgehead atoms. The van der Waals surface area contributed by atoms with E-state index in [2.05, 4.69) is 4.74 Å². The molecule has 1 saturated heterocycles. The first-order valence-corrected chi connectivity index (χ1v) is 8.05. The van der Waals surface area contributed by atoms with E-state index in [-0.39, 0.29) is 10.6 Å². The van der Waals surface area contributed by atoms with Crippen LogP contribution in [0.2, 0.25) is 0 Å². The third kappa shape index (κ3) is 2.73. The standard InChI is InChI=1S/C13H20N2O4S/c1-10-5-4-6-15(8-10)20(17,18)11-7-12(13(16)19-3)14(2)9-11/h7,9-10H,4-6,8H2,1-3H3/t10-/m1/s1. The fraction of sp³-hybridized carbons (Fsp3) is 0.615. The average molecular weight is 300 g/mol. The van der Waals surface area contributed by atoms with E-state index in [9.17, 15) is 13.2 Å². The molecule has 2 heterocycles. The number of piperidine rings is 1. The van der Waals surface area contributed by atoms with E-state index in [4.69, 9.17) is 0 Å². The van der Waals surface area contributed by atoms with Crippen molar-refractivity contribution in [3.63, 3.8) is 0 Å². The lowest BCUT2D eigenvalue weighted by atomic mass is 10.0. The molecular formula is C13H20N2O4S. The number of esters is 1. The van der Waals surface area contributed by atoms with E-state index >= 15 is 0 Å². The maximum Gasteiger partial charge on any atom is 0.354 e. The molecule has 0 saturated carbocycles. The Labute approximate surface area is 119 Å². The Morgan fingerprint density at radius 2 is 2.15 bits per heavy atom. The van der Waals surface area contributed by atoms with Crippen molar-refractivity contribution in [2.75, 3.05) is 20.2 Å². The van der Waals surface area contributed by atoms with Crippen molar-refractivity contribution in [3.05, 3.63) is 18.0 Å². The first-order chi connectivity index (χ1) is 9.36. The zero-order chi connectivity index (χ0) is 14.9. The summed E-state index contributed by atoms with van der Waals surface area (Å²) in [6.07, 6.45) is 3.38. The molecule has 1 aromatic rings. The van der Waals surface area contributed by atoms with Gasteiger partial charge in [0, 0.05) is 26.3 Å². The molecule has 1 aromatic heterocycles. The summed E-state index contributed by atoms with van der Waals surface area (Å²) in [4.78, 5) is 11.7. The molecule has 0 spiro atoms. The summed E-state index contributed by atoms with van der Waals surface area (Å²) in [5, 5.41) is 0. The highest BCUT2D eigenvalue weighted by molar-refractivity contribution is 7.89. The van der Waals surface area contributed by atoms with Crippen molar-refractivity contribution in [1.29, 1.82) is 0 Å². The number of rotatable bonds is 3. The van der Waals surface area contributed by atoms with Gasteiger partial charge in [-0.15, -0.1) is 0 Å². The smallest absolute Gasteiger partial charge is 0.354 e. The Balaban J connectivity index is 2.32. The second kappa shape index (κ2) is 5.57. The van der Waals surface area contributed by atoms with Crippen LogP contribution in [0.1, 0.15) is 30.3 Å². The topological polar surface area (TPSA) is 68.6 Å². The van der Waals surface area contributed by atoms with Crippen LogP contribution in [-0.4, -0.2) is 43.5 Å². The highest BCUT2D eigenvalue weighted by Crippen LogP contribution is 2.24. The van der Waals surface area contributed by atoms with Gasteiger partial charge in [-0.2, -0.15) is 4.31 Å². The number of aryl methyl sites for hydroxylation is 1. The molecule has 0 N–H and O–H groups in total. The summed E-state index contributed by atoms with van der Waals surface area (Å²) in [6.45, 7) is 3.12. The monoisotopic (exact) mass is 300 g/mol. The van der Waals surface area contributed by atoms with E-state index < -0.39 is 16.0 Å². The van der Waals surface area contributed by atoms with Gasteiger partial charge >= 0.3 is 5.97 Å². The van der Waals surface area contributed by atoms with Crippen molar-refractivity contribution < 1.29 is 17.9 Å². The Kier molecular flexibility index (Phi) is 4.19. The van der Waals surface area contributed by atoms with Gasteiger partial charge in [-0.3, -0.25) is 0 Å². The lowest BCUT2D eigenvalue weighted by Gasteiger charge is -2.29. The quantitative estimate of drug-likeness (QED) is 0.787. The van der Waals surface area contributed by atoms with E-state index in [1.165, 1.54) is 28.2 Å². The van der Waals surface area contributed by atoms with Crippen LogP contribution in [0.15, 0.2) is 17.2 Å². The number of carbonyl (C=O) groups is 1. The molecule has 0 aliphatic carbocycles. The number of nitrogens with zero attached hydrogens (tertiary/aromatic N) is 2. The number of sulfonamides is 1. The largest absolute Gasteiger partial charge is 0.464 e. The van der Waals surface area contributed by atoms with Gasteiger partial charge in [0.05, 0.1) is 7.11 Å². The van der Waals surface area contributed by atoms with Gasteiger partial charge in [0.2, 0.25) is 10.0 Å². The lowest BCUT2D eigenvalue weighted by Crippen LogP contribution is -2.38. The van der Waals surface area contributed by atoms with Gasteiger partial charge in [-0.1, -0.05) is 6.92 Å². The van der Waals surface area contributed by atoms with Gasteiger partial charge in [-0.25, -0.2) is 13.2 Å². The first-order valence-electron chi connectivity index (χ1n) is 6.61. The van der Waals surface area contributed by atoms with Crippen LogP contribution in [0.4, 0.5) is 0 Å². The molecule has 2 rings (SSSR count). The Morgan fingerprint density at radius 3 is 2.75 bits per heavy atom. The lowest BCUT2D eigenvalue weighted by molar-refractivity contribution is 0.0590. The van der Waals surface area contributed by atoms with Crippen molar-refractivity contribution in [2.24, 2.45) is 13.0 Å². The predicted molar refractivity (Wildman–Crippen MR) is 73.9 cm³/mol. The van der Waals surface area contributed by atoms with Crippen LogP contribution >= 0.6 is 0 Å². The summed E-state index contributed by atoms with van der Waals surface area (Å²) in [5.74, 6) is -0.178. The molecule has 1 atom stereocenters. The van der Waals surface area contributed by atoms with Crippen LogP contribution in [0, 0.1) is 5.92 Å². The number of methoxy groups -OCH3 is 1. The molecule has 20 heavy (non-hydrogen) atoms. The zero-order valence-electron chi connectivity index (χ0n) is 12.0. The molecule has 112 valence electrons. The molecule has 0 radical (unpaired) electrons. The summed E-state index contributed by atoms with van der Waals surface area (Å²) in [5.41, 5.74) is 0.233. The maximum absolute atomic E-state index is 12.6. The van der Waals surface area contributed by atoms with Crippen molar-refractivity contribution in [1.82, 2.24) is 8.87 Å². The minimum atomic E-state index is -3.53. The van der Waals surface area contributed by atoms with Crippen LogP contribution in [0.25, 0.3) is 0 Å². The second-order valence-electron chi connectivity index (χ2n) is 5.27. The van der Waals surface area contributed by atoms with Crippen LogP contribution in [-0.2, 0) is 21.8 Å². The molecule has 0 unspecified atom stereocenters. The molecule has 0 amide bonds. The first kappa shape index (κ1) is 15.1. The van der Waals surface area contributed by atoms with E-state index in [1.54, 1.807) is 7.05 Å². The third-order valence-electron chi connectivity index (χ3n) is 3.63. The summed E-state index contributed by atoms with van der Waals surface area (Å²) < 4.78 is 32.8. The minimum absolute atomic E-state index is 0.148. The minimum Gasteiger partial charge on any atom is -0.464 e. The Bertz CT molecular complexity index is 606. The fourth-order valence-electron chi connectivity index (χ4n) is 2.50. The molecule has 1 fully saturated rings. The normalized spacial score (nSPS) is 20.9. The summed E-state index contributed by atoms with van der Waals surface area (Å²) in [6, 6.07) is 1.38. The van der Waals surface area contributed by atoms with Gasteiger partial charge in [0.1, 0.15) is 10.6 Å². The molecule has 1 aliphatic rings. The fourth-order valence-corrected chi connectivity index (χ4v) is 4.17. The molecule has 6 nitrogen and oxygen atoms in total. The number of hydrogen-bond donors (Lipinski definition) is 0. The van der Waals surface area contributed by atoms with Crippen molar-refractivity contribution in [2.45, 2.75) is 24.7 Å². The summed E-state index contributed by atoms with van der Waals surface area (Å²) >= 11 is 0. The van der Waals surface area contributed by atoms with Gasteiger partial charge in [-0.05, 0) is 24.8 Å². The predicted octanol–water partition coefficient (Wildman–Crippen LogP) is 1.23. The van der Waals surface area contributed by atoms with Gasteiger partial charge in [0.25, 0.3) is 0 Å². The average Bonchev–Trinajstić information content (AvgIpc) is 2.80. The Morgan fingerprint density at radius 1 is 1.45 bits per heavy atom. The SMILES string of the molecule is COC(=O)c1cc(S(=O)(=O)N2CCC[C@@H](C)C2)cn1C.